The van der Waals surface area contributed by atoms with Crippen LogP contribution in [-0.4, -0.2) is 12.0 Å². The Morgan fingerprint density at radius 2 is 1.78 bits per heavy atom. The van der Waals surface area contributed by atoms with Crippen LogP contribution in [0.15, 0.2) is 36.4 Å². The Morgan fingerprint density at radius 1 is 1.09 bits per heavy atom. The van der Waals surface area contributed by atoms with Gasteiger partial charge in [0.05, 0.1) is 0 Å². The minimum absolute atomic E-state index is 0.170. The third-order valence-electron chi connectivity index (χ3n) is 3.88. The van der Waals surface area contributed by atoms with Gasteiger partial charge in [-0.2, -0.15) is 0 Å². The topological polar surface area (TPSA) is 38.3 Å². The molecule has 0 saturated carbocycles. The summed E-state index contributed by atoms with van der Waals surface area (Å²) in [6.45, 7) is 7.93. The second kappa shape index (κ2) is 7.51. The molecule has 0 aliphatic rings. The molecule has 0 unspecified atom stereocenters. The van der Waals surface area contributed by atoms with Gasteiger partial charge in [0, 0.05) is 10.7 Å². The van der Waals surface area contributed by atoms with Crippen molar-refractivity contribution in [1.82, 2.24) is 0 Å². The SMILES string of the molecule is CC[C@@H](Oc1ccc(C)c(C)c1)C(=O)Nc1cc(Cl)ccc1C. The molecule has 2 aromatic rings. The molecule has 0 aromatic heterocycles. The summed E-state index contributed by atoms with van der Waals surface area (Å²) in [5.74, 6) is 0.536. The van der Waals surface area contributed by atoms with Gasteiger partial charge in [-0.05, 0) is 68.1 Å². The molecule has 0 fully saturated rings. The molecule has 0 heterocycles. The maximum Gasteiger partial charge on any atom is 0.265 e. The van der Waals surface area contributed by atoms with E-state index in [4.69, 9.17) is 16.3 Å². The fourth-order valence-corrected chi connectivity index (χ4v) is 2.39. The lowest BCUT2D eigenvalue weighted by Crippen LogP contribution is -2.32. The number of hydrogen-bond acceptors (Lipinski definition) is 2. The van der Waals surface area contributed by atoms with Crippen molar-refractivity contribution in [3.05, 3.63) is 58.1 Å². The van der Waals surface area contributed by atoms with Crippen molar-refractivity contribution in [2.75, 3.05) is 5.32 Å². The lowest BCUT2D eigenvalue weighted by Gasteiger charge is -2.19. The summed E-state index contributed by atoms with van der Waals surface area (Å²) in [6.07, 6.45) is 0.0359. The second-order valence-electron chi connectivity index (χ2n) is 5.71. The van der Waals surface area contributed by atoms with Gasteiger partial charge in [0.25, 0.3) is 5.91 Å². The van der Waals surface area contributed by atoms with Crippen LogP contribution in [0.5, 0.6) is 5.75 Å². The Morgan fingerprint density at radius 3 is 2.43 bits per heavy atom. The zero-order valence-corrected chi connectivity index (χ0v) is 14.7. The third kappa shape index (κ3) is 4.49. The molecule has 0 bridgehead atoms. The average molecular weight is 332 g/mol. The minimum atomic E-state index is -0.546. The quantitative estimate of drug-likeness (QED) is 0.831. The number of ether oxygens (including phenoxy) is 1. The van der Waals surface area contributed by atoms with E-state index in [1.807, 2.05) is 52.0 Å². The molecule has 0 saturated heterocycles. The van der Waals surface area contributed by atoms with E-state index in [0.717, 1.165) is 11.1 Å². The highest BCUT2D eigenvalue weighted by Gasteiger charge is 2.19. The van der Waals surface area contributed by atoms with Crippen molar-refractivity contribution in [2.45, 2.75) is 40.2 Å². The zero-order chi connectivity index (χ0) is 17.0. The fourth-order valence-electron chi connectivity index (χ4n) is 2.22. The van der Waals surface area contributed by atoms with Crippen LogP contribution < -0.4 is 10.1 Å². The molecule has 1 atom stereocenters. The van der Waals surface area contributed by atoms with Crippen molar-refractivity contribution in [3.8, 4) is 5.75 Å². The molecule has 0 radical (unpaired) electrons. The van der Waals surface area contributed by atoms with Crippen molar-refractivity contribution in [1.29, 1.82) is 0 Å². The lowest BCUT2D eigenvalue weighted by molar-refractivity contribution is -0.122. The van der Waals surface area contributed by atoms with Crippen LogP contribution in [0.25, 0.3) is 0 Å². The zero-order valence-electron chi connectivity index (χ0n) is 13.9. The fraction of sp³-hybridized carbons (Fsp3) is 0.316. The molecule has 4 heteroatoms. The van der Waals surface area contributed by atoms with E-state index in [0.29, 0.717) is 22.9 Å². The van der Waals surface area contributed by atoms with Crippen molar-refractivity contribution < 1.29 is 9.53 Å². The first-order chi connectivity index (χ1) is 10.9. The van der Waals surface area contributed by atoms with Crippen LogP contribution in [-0.2, 0) is 4.79 Å². The number of amides is 1. The van der Waals surface area contributed by atoms with E-state index in [1.165, 1.54) is 5.56 Å². The Balaban J connectivity index is 2.11. The first-order valence-electron chi connectivity index (χ1n) is 7.71. The van der Waals surface area contributed by atoms with Crippen LogP contribution in [0, 0.1) is 20.8 Å². The molecule has 2 aromatic carbocycles. The first kappa shape index (κ1) is 17.4. The molecule has 1 amide bonds. The summed E-state index contributed by atoms with van der Waals surface area (Å²) in [5.41, 5.74) is 4.02. The van der Waals surface area contributed by atoms with E-state index < -0.39 is 6.10 Å². The van der Waals surface area contributed by atoms with E-state index in [-0.39, 0.29) is 5.91 Å². The van der Waals surface area contributed by atoms with E-state index in [1.54, 1.807) is 12.1 Å². The number of rotatable bonds is 5. The average Bonchev–Trinajstić information content (AvgIpc) is 2.51. The number of benzene rings is 2. The maximum atomic E-state index is 12.5. The van der Waals surface area contributed by atoms with Gasteiger partial charge in [-0.25, -0.2) is 0 Å². The predicted octanol–water partition coefficient (Wildman–Crippen LogP) is 5.06. The van der Waals surface area contributed by atoms with E-state index in [9.17, 15) is 4.79 Å². The highest BCUT2D eigenvalue weighted by molar-refractivity contribution is 6.31. The summed E-state index contributed by atoms with van der Waals surface area (Å²) in [5, 5.41) is 3.49. The first-order valence-corrected chi connectivity index (χ1v) is 8.09. The van der Waals surface area contributed by atoms with Crippen LogP contribution in [0.2, 0.25) is 5.02 Å². The molecule has 0 spiro atoms. The number of carbonyl (C=O) groups excluding carboxylic acids is 1. The van der Waals surface area contributed by atoms with Gasteiger partial charge in [-0.3, -0.25) is 4.79 Å². The van der Waals surface area contributed by atoms with Gasteiger partial charge in [0.2, 0.25) is 0 Å². The number of nitrogens with one attached hydrogen (secondary N) is 1. The Bertz CT molecular complexity index is 713. The van der Waals surface area contributed by atoms with Crippen LogP contribution in [0.1, 0.15) is 30.0 Å². The Hall–Kier alpha value is -2.00. The molecule has 0 aliphatic carbocycles. The predicted molar refractivity (Wildman–Crippen MR) is 95.4 cm³/mol. The van der Waals surface area contributed by atoms with E-state index in [2.05, 4.69) is 5.32 Å². The lowest BCUT2D eigenvalue weighted by atomic mass is 10.1. The largest absolute Gasteiger partial charge is 0.481 e. The summed E-state index contributed by atoms with van der Waals surface area (Å²) in [4.78, 5) is 12.5. The Labute approximate surface area is 142 Å². The smallest absolute Gasteiger partial charge is 0.265 e. The van der Waals surface area contributed by atoms with Gasteiger partial charge < -0.3 is 10.1 Å². The summed E-state index contributed by atoms with van der Waals surface area (Å²) in [6, 6.07) is 11.3. The summed E-state index contributed by atoms with van der Waals surface area (Å²) in [7, 11) is 0. The minimum Gasteiger partial charge on any atom is -0.481 e. The highest BCUT2D eigenvalue weighted by Crippen LogP contribution is 2.22. The molecule has 3 nitrogen and oxygen atoms in total. The van der Waals surface area contributed by atoms with Crippen LogP contribution in [0.3, 0.4) is 0 Å². The van der Waals surface area contributed by atoms with Crippen molar-refractivity contribution in [2.24, 2.45) is 0 Å². The summed E-state index contributed by atoms with van der Waals surface area (Å²) < 4.78 is 5.86. The van der Waals surface area contributed by atoms with Crippen molar-refractivity contribution in [3.63, 3.8) is 0 Å². The van der Waals surface area contributed by atoms with Gasteiger partial charge in [-0.1, -0.05) is 30.7 Å². The second-order valence-corrected chi connectivity index (χ2v) is 6.15. The van der Waals surface area contributed by atoms with Crippen molar-refractivity contribution >= 4 is 23.2 Å². The number of hydrogen-bond donors (Lipinski definition) is 1. The number of aryl methyl sites for hydroxylation is 3. The number of halogens is 1. The molecular formula is C19H22ClNO2. The number of carbonyl (C=O) groups is 1. The molecule has 2 rings (SSSR count). The molecule has 0 aliphatic heterocycles. The standard InChI is InChI=1S/C19H22ClNO2/c1-5-18(23-16-9-7-12(2)14(4)10-16)19(22)21-17-11-15(20)8-6-13(17)3/h6-11,18H,5H2,1-4H3,(H,21,22)/t18-/m1/s1. The van der Waals surface area contributed by atoms with Gasteiger partial charge >= 0.3 is 0 Å². The molecule has 122 valence electrons. The van der Waals surface area contributed by atoms with Crippen LogP contribution >= 0.6 is 11.6 Å². The van der Waals surface area contributed by atoms with Gasteiger partial charge in [0.1, 0.15) is 5.75 Å². The van der Waals surface area contributed by atoms with Gasteiger partial charge in [-0.15, -0.1) is 0 Å². The van der Waals surface area contributed by atoms with Gasteiger partial charge in [0.15, 0.2) is 6.10 Å². The van der Waals surface area contributed by atoms with E-state index >= 15 is 0 Å². The molecular weight excluding hydrogens is 310 g/mol. The normalized spacial score (nSPS) is 11.9. The maximum absolute atomic E-state index is 12.5. The summed E-state index contributed by atoms with van der Waals surface area (Å²) >= 11 is 5.99. The third-order valence-corrected chi connectivity index (χ3v) is 4.11. The van der Waals surface area contributed by atoms with Crippen LogP contribution in [0.4, 0.5) is 5.69 Å². The highest BCUT2D eigenvalue weighted by atomic mass is 35.5. The molecule has 23 heavy (non-hydrogen) atoms. The monoisotopic (exact) mass is 331 g/mol. The molecule has 1 N–H and O–H groups in total. The number of anilines is 1. The Kier molecular flexibility index (Phi) is 5.67.